The summed E-state index contributed by atoms with van der Waals surface area (Å²) in [6, 6.07) is 7.17. The molecule has 112 valence electrons. The maximum Gasteiger partial charge on any atom is 0.272 e. The van der Waals surface area contributed by atoms with E-state index in [0.29, 0.717) is 31.1 Å². The van der Waals surface area contributed by atoms with Gasteiger partial charge in [-0.25, -0.2) is 0 Å². The van der Waals surface area contributed by atoms with Gasteiger partial charge in [-0.05, 0) is 6.42 Å². The molecule has 0 aliphatic heterocycles. The molecule has 2 rings (SSSR count). The van der Waals surface area contributed by atoms with Gasteiger partial charge in [-0.1, -0.05) is 37.3 Å². The summed E-state index contributed by atoms with van der Waals surface area (Å²) < 4.78 is 1.72. The van der Waals surface area contributed by atoms with E-state index in [1.807, 2.05) is 12.3 Å². The van der Waals surface area contributed by atoms with E-state index < -0.39 is 0 Å². The monoisotopic (exact) mass is 289 g/mol. The highest BCUT2D eigenvalue weighted by molar-refractivity contribution is 5.39. The summed E-state index contributed by atoms with van der Waals surface area (Å²) in [5, 5.41) is 22.3. The molecule has 0 aliphatic rings. The van der Waals surface area contributed by atoms with Gasteiger partial charge in [0.15, 0.2) is 0 Å². The van der Waals surface area contributed by atoms with Crippen LogP contribution in [0.3, 0.4) is 0 Å². The number of nitro groups is 1. The summed E-state index contributed by atoms with van der Waals surface area (Å²) in [5.41, 5.74) is 1.73. The fourth-order valence-corrected chi connectivity index (χ4v) is 1.97. The lowest BCUT2D eigenvalue weighted by molar-refractivity contribution is -0.385. The topological polar surface area (TPSA) is 85.9 Å². The summed E-state index contributed by atoms with van der Waals surface area (Å²) in [6.07, 6.45) is 2.42. The molecule has 0 fully saturated rings. The van der Waals surface area contributed by atoms with Crippen molar-refractivity contribution in [2.24, 2.45) is 0 Å². The molecule has 0 unspecified atom stereocenters. The minimum atomic E-state index is -0.353. The lowest BCUT2D eigenvalue weighted by Gasteiger charge is -2.04. The van der Waals surface area contributed by atoms with Crippen molar-refractivity contribution < 1.29 is 4.92 Å². The van der Waals surface area contributed by atoms with E-state index in [1.165, 1.54) is 6.07 Å². The number of para-hydroxylation sites is 1. The molecule has 1 N–H and O–H groups in total. The van der Waals surface area contributed by atoms with Crippen molar-refractivity contribution >= 4 is 5.69 Å². The molecule has 0 aliphatic carbocycles. The normalized spacial score (nSPS) is 11.0. The Morgan fingerprint density at radius 1 is 1.38 bits per heavy atom. The van der Waals surface area contributed by atoms with Crippen LogP contribution in [0.15, 0.2) is 30.5 Å². The van der Waals surface area contributed by atoms with Crippen LogP contribution in [0, 0.1) is 10.1 Å². The molecule has 0 atom stereocenters. The number of aromatic nitrogens is 3. The van der Waals surface area contributed by atoms with Crippen LogP contribution in [-0.2, 0) is 19.5 Å². The first kappa shape index (κ1) is 15.1. The van der Waals surface area contributed by atoms with E-state index in [4.69, 9.17) is 0 Å². The Morgan fingerprint density at radius 2 is 2.14 bits per heavy atom. The summed E-state index contributed by atoms with van der Waals surface area (Å²) in [4.78, 5) is 10.6. The van der Waals surface area contributed by atoms with Crippen LogP contribution in [0.5, 0.6) is 0 Å². The van der Waals surface area contributed by atoms with Crippen LogP contribution in [0.2, 0.25) is 0 Å². The van der Waals surface area contributed by atoms with Gasteiger partial charge in [0.2, 0.25) is 0 Å². The Labute approximate surface area is 123 Å². The van der Waals surface area contributed by atoms with E-state index >= 15 is 0 Å². The zero-order chi connectivity index (χ0) is 15.2. The first-order chi connectivity index (χ1) is 10.1. The van der Waals surface area contributed by atoms with Crippen molar-refractivity contribution in [3.8, 4) is 0 Å². The molecule has 0 saturated heterocycles. The number of nitrogens with zero attached hydrogens (tertiary/aromatic N) is 4. The molecule has 1 aromatic carbocycles. The molecule has 0 radical (unpaired) electrons. The van der Waals surface area contributed by atoms with Crippen LogP contribution in [-0.4, -0.2) is 26.0 Å². The molecular formula is C14H19N5O2. The number of nitro benzene ring substituents is 1. The van der Waals surface area contributed by atoms with Crippen molar-refractivity contribution in [3.05, 3.63) is 51.8 Å². The highest BCUT2D eigenvalue weighted by Gasteiger charge is 2.12. The molecule has 1 aromatic heterocycles. The van der Waals surface area contributed by atoms with Gasteiger partial charge >= 0.3 is 0 Å². The third-order valence-corrected chi connectivity index (χ3v) is 3.08. The van der Waals surface area contributed by atoms with Gasteiger partial charge in [-0.2, -0.15) is 0 Å². The number of hydrogen-bond acceptors (Lipinski definition) is 5. The minimum Gasteiger partial charge on any atom is -0.309 e. The lowest BCUT2D eigenvalue weighted by atomic mass is 10.1. The van der Waals surface area contributed by atoms with Crippen LogP contribution in [0.1, 0.15) is 25.1 Å². The fraction of sp³-hybridized carbons (Fsp3) is 0.429. The predicted molar refractivity (Wildman–Crippen MR) is 78.8 cm³/mol. The standard InChI is InChI=1S/C14H19N5O2/c1-11(2)15-9-13-10-18(17-16-13)8-7-12-5-3-4-6-14(12)19(20)21/h3-6,10-11,15H,7-9H2,1-2H3. The van der Waals surface area contributed by atoms with Crippen molar-refractivity contribution in [3.63, 3.8) is 0 Å². The number of aryl methyl sites for hydroxylation is 2. The zero-order valence-corrected chi connectivity index (χ0v) is 12.2. The maximum atomic E-state index is 10.9. The maximum absolute atomic E-state index is 10.9. The van der Waals surface area contributed by atoms with E-state index in [0.717, 1.165) is 5.69 Å². The Morgan fingerprint density at radius 3 is 2.86 bits per heavy atom. The summed E-state index contributed by atoms with van der Waals surface area (Å²) >= 11 is 0. The van der Waals surface area contributed by atoms with E-state index in [-0.39, 0.29) is 10.6 Å². The van der Waals surface area contributed by atoms with E-state index in [1.54, 1.807) is 16.8 Å². The van der Waals surface area contributed by atoms with E-state index in [9.17, 15) is 10.1 Å². The second-order valence-corrected chi connectivity index (χ2v) is 5.14. The largest absolute Gasteiger partial charge is 0.309 e. The highest BCUT2D eigenvalue weighted by Crippen LogP contribution is 2.18. The number of hydrogen-bond donors (Lipinski definition) is 1. The van der Waals surface area contributed by atoms with Gasteiger partial charge in [0.05, 0.1) is 10.6 Å². The first-order valence-corrected chi connectivity index (χ1v) is 6.91. The molecule has 7 heteroatoms. The Bertz CT molecular complexity index is 609. The van der Waals surface area contributed by atoms with Gasteiger partial charge in [0, 0.05) is 37.0 Å². The molecule has 2 aromatic rings. The average Bonchev–Trinajstić information content (AvgIpc) is 2.91. The molecule has 0 spiro atoms. The molecule has 21 heavy (non-hydrogen) atoms. The van der Waals surface area contributed by atoms with Crippen molar-refractivity contribution in [2.75, 3.05) is 0 Å². The molecular weight excluding hydrogens is 270 g/mol. The summed E-state index contributed by atoms with van der Waals surface area (Å²) in [7, 11) is 0. The van der Waals surface area contributed by atoms with Crippen LogP contribution in [0.25, 0.3) is 0 Å². The second kappa shape index (κ2) is 6.94. The van der Waals surface area contributed by atoms with Crippen molar-refractivity contribution in [1.82, 2.24) is 20.3 Å². The third-order valence-electron chi connectivity index (χ3n) is 3.08. The quantitative estimate of drug-likeness (QED) is 0.621. The first-order valence-electron chi connectivity index (χ1n) is 6.91. The molecule has 1 heterocycles. The smallest absolute Gasteiger partial charge is 0.272 e. The van der Waals surface area contributed by atoms with Crippen LogP contribution < -0.4 is 5.32 Å². The number of rotatable bonds is 7. The fourth-order valence-electron chi connectivity index (χ4n) is 1.97. The van der Waals surface area contributed by atoms with Gasteiger partial charge < -0.3 is 5.32 Å². The number of nitrogens with one attached hydrogen (secondary N) is 1. The van der Waals surface area contributed by atoms with Crippen LogP contribution in [0.4, 0.5) is 5.69 Å². The molecule has 0 saturated carbocycles. The highest BCUT2D eigenvalue weighted by atomic mass is 16.6. The van der Waals surface area contributed by atoms with Gasteiger partial charge in [-0.3, -0.25) is 14.8 Å². The summed E-state index contributed by atoms with van der Waals surface area (Å²) in [5.74, 6) is 0. The van der Waals surface area contributed by atoms with Gasteiger partial charge in [-0.15, -0.1) is 5.10 Å². The molecule has 7 nitrogen and oxygen atoms in total. The second-order valence-electron chi connectivity index (χ2n) is 5.14. The van der Waals surface area contributed by atoms with Crippen molar-refractivity contribution in [1.29, 1.82) is 0 Å². The zero-order valence-electron chi connectivity index (χ0n) is 12.2. The van der Waals surface area contributed by atoms with Crippen LogP contribution >= 0.6 is 0 Å². The molecule has 0 bridgehead atoms. The van der Waals surface area contributed by atoms with Gasteiger partial charge in [0.1, 0.15) is 0 Å². The molecule has 0 amide bonds. The Kier molecular flexibility index (Phi) is 4.99. The Hall–Kier alpha value is -2.28. The lowest BCUT2D eigenvalue weighted by Crippen LogP contribution is -2.21. The predicted octanol–water partition coefficient (Wildman–Crippen LogP) is 1.93. The Balaban J connectivity index is 1.96. The van der Waals surface area contributed by atoms with Crippen molar-refractivity contribution in [2.45, 2.75) is 39.4 Å². The summed E-state index contributed by atoms with van der Waals surface area (Å²) in [6.45, 7) is 5.38. The van der Waals surface area contributed by atoms with E-state index in [2.05, 4.69) is 29.5 Å². The minimum absolute atomic E-state index is 0.152. The van der Waals surface area contributed by atoms with Gasteiger partial charge in [0.25, 0.3) is 5.69 Å². The third kappa shape index (κ3) is 4.35. The average molecular weight is 289 g/mol. The number of benzene rings is 1. The SMILES string of the molecule is CC(C)NCc1cn(CCc2ccccc2[N+](=O)[O-])nn1.